The summed E-state index contributed by atoms with van der Waals surface area (Å²) in [6.07, 6.45) is 4.49. The van der Waals surface area contributed by atoms with Crippen molar-refractivity contribution < 1.29 is 14.6 Å². The summed E-state index contributed by atoms with van der Waals surface area (Å²) in [6.45, 7) is 6.10. The van der Waals surface area contributed by atoms with Crippen molar-refractivity contribution in [3.05, 3.63) is 0 Å². The van der Waals surface area contributed by atoms with Gasteiger partial charge in [-0.15, -0.1) is 0 Å². The van der Waals surface area contributed by atoms with Crippen LogP contribution in [0.25, 0.3) is 0 Å². The molecule has 2 N–H and O–H groups in total. The number of carboxylic acids is 1. The molecule has 0 aromatic rings. The van der Waals surface area contributed by atoms with E-state index >= 15 is 0 Å². The number of carboxylic acid groups (broad SMARTS) is 1. The largest absolute Gasteiger partial charge is 0.481 e. The molecular weight excluding hydrogens is 218 g/mol. The summed E-state index contributed by atoms with van der Waals surface area (Å²) in [7, 11) is 0. The van der Waals surface area contributed by atoms with Gasteiger partial charge in [0.05, 0.1) is 5.41 Å². The van der Waals surface area contributed by atoms with Gasteiger partial charge in [0, 0.05) is 25.8 Å². The van der Waals surface area contributed by atoms with Crippen LogP contribution in [0.1, 0.15) is 46.0 Å². The van der Waals surface area contributed by atoms with Crippen LogP contribution in [0.3, 0.4) is 0 Å². The molecule has 0 radical (unpaired) electrons. The van der Waals surface area contributed by atoms with Crippen LogP contribution in [0, 0.1) is 5.41 Å². The lowest BCUT2D eigenvalue weighted by atomic mass is 9.82. The third-order valence-electron chi connectivity index (χ3n) is 3.99. The lowest BCUT2D eigenvalue weighted by molar-refractivity contribution is -0.149. The van der Waals surface area contributed by atoms with E-state index in [-0.39, 0.29) is 0 Å². The SMILES string of the molecule is CCC(CC)(CNC1CCCOCC1)C(=O)O. The van der Waals surface area contributed by atoms with Crippen LogP contribution in [0.5, 0.6) is 0 Å². The van der Waals surface area contributed by atoms with E-state index in [1.54, 1.807) is 0 Å². The van der Waals surface area contributed by atoms with Crippen LogP contribution in [-0.4, -0.2) is 36.9 Å². The highest BCUT2D eigenvalue weighted by Gasteiger charge is 2.35. The smallest absolute Gasteiger partial charge is 0.310 e. The first-order valence-electron chi connectivity index (χ1n) is 6.69. The summed E-state index contributed by atoms with van der Waals surface area (Å²) in [5, 5.41) is 12.8. The van der Waals surface area contributed by atoms with E-state index < -0.39 is 11.4 Å². The van der Waals surface area contributed by atoms with Crippen LogP contribution in [-0.2, 0) is 9.53 Å². The molecule has 0 bridgehead atoms. The van der Waals surface area contributed by atoms with Crippen molar-refractivity contribution >= 4 is 5.97 Å². The Kier molecular flexibility index (Phi) is 5.92. The zero-order chi connectivity index (χ0) is 12.7. The van der Waals surface area contributed by atoms with E-state index in [1.165, 1.54) is 0 Å². The maximum absolute atomic E-state index is 11.4. The minimum Gasteiger partial charge on any atom is -0.481 e. The maximum Gasteiger partial charge on any atom is 0.310 e. The van der Waals surface area contributed by atoms with Gasteiger partial charge >= 0.3 is 5.97 Å². The number of rotatable bonds is 6. The second-order valence-corrected chi connectivity index (χ2v) is 4.91. The van der Waals surface area contributed by atoms with E-state index in [1.807, 2.05) is 13.8 Å². The van der Waals surface area contributed by atoms with Crippen LogP contribution in [0.15, 0.2) is 0 Å². The van der Waals surface area contributed by atoms with Crippen molar-refractivity contribution in [3.63, 3.8) is 0 Å². The van der Waals surface area contributed by atoms with Crippen LogP contribution >= 0.6 is 0 Å². The highest BCUT2D eigenvalue weighted by molar-refractivity contribution is 5.74. The van der Waals surface area contributed by atoms with Crippen LogP contribution in [0.4, 0.5) is 0 Å². The van der Waals surface area contributed by atoms with Crippen LogP contribution < -0.4 is 5.32 Å². The fourth-order valence-corrected chi connectivity index (χ4v) is 2.33. The predicted octanol–water partition coefficient (Wildman–Crippen LogP) is 2.04. The third kappa shape index (κ3) is 3.96. The zero-order valence-corrected chi connectivity index (χ0v) is 11.0. The Balaban J connectivity index is 2.47. The summed E-state index contributed by atoms with van der Waals surface area (Å²) >= 11 is 0. The molecule has 4 heteroatoms. The fourth-order valence-electron chi connectivity index (χ4n) is 2.33. The molecule has 0 aromatic heterocycles. The minimum absolute atomic E-state index is 0.411. The van der Waals surface area contributed by atoms with Gasteiger partial charge in [0.15, 0.2) is 0 Å². The van der Waals surface area contributed by atoms with E-state index in [0.717, 1.165) is 32.5 Å². The molecule has 0 saturated carbocycles. The van der Waals surface area contributed by atoms with Crippen molar-refractivity contribution in [2.45, 2.75) is 52.0 Å². The Morgan fingerprint density at radius 1 is 1.35 bits per heavy atom. The highest BCUT2D eigenvalue weighted by atomic mass is 16.5. The van der Waals surface area contributed by atoms with E-state index in [9.17, 15) is 9.90 Å². The zero-order valence-electron chi connectivity index (χ0n) is 11.0. The third-order valence-corrected chi connectivity index (χ3v) is 3.99. The van der Waals surface area contributed by atoms with Crippen molar-refractivity contribution in [1.29, 1.82) is 0 Å². The van der Waals surface area contributed by atoms with Gasteiger partial charge in [0.1, 0.15) is 0 Å². The number of hydrogen-bond donors (Lipinski definition) is 2. The second-order valence-electron chi connectivity index (χ2n) is 4.91. The molecule has 100 valence electrons. The quantitative estimate of drug-likeness (QED) is 0.749. The number of aliphatic carboxylic acids is 1. The molecule has 1 aliphatic rings. The van der Waals surface area contributed by atoms with Crippen molar-refractivity contribution in [3.8, 4) is 0 Å². The first-order valence-corrected chi connectivity index (χ1v) is 6.69. The average molecular weight is 243 g/mol. The molecule has 17 heavy (non-hydrogen) atoms. The van der Waals surface area contributed by atoms with Gasteiger partial charge in [-0.25, -0.2) is 0 Å². The molecule has 1 atom stereocenters. The number of carbonyl (C=O) groups is 1. The molecule has 0 aliphatic carbocycles. The Morgan fingerprint density at radius 3 is 2.65 bits per heavy atom. The molecule has 1 fully saturated rings. The fraction of sp³-hybridized carbons (Fsp3) is 0.923. The topological polar surface area (TPSA) is 58.6 Å². The molecule has 1 saturated heterocycles. The molecule has 1 rings (SSSR count). The number of nitrogens with one attached hydrogen (secondary N) is 1. The predicted molar refractivity (Wildman–Crippen MR) is 67.1 cm³/mol. The molecule has 1 heterocycles. The van der Waals surface area contributed by atoms with Crippen molar-refractivity contribution in [2.24, 2.45) is 5.41 Å². The van der Waals surface area contributed by atoms with E-state index in [2.05, 4.69) is 5.32 Å². The lowest BCUT2D eigenvalue weighted by Gasteiger charge is -2.29. The first-order chi connectivity index (χ1) is 8.14. The van der Waals surface area contributed by atoms with Gasteiger partial charge in [-0.2, -0.15) is 0 Å². The van der Waals surface area contributed by atoms with Gasteiger partial charge < -0.3 is 15.2 Å². The Labute approximate surface area is 104 Å². The van der Waals surface area contributed by atoms with E-state index in [4.69, 9.17) is 4.74 Å². The summed E-state index contributed by atoms with van der Waals surface area (Å²) < 4.78 is 5.40. The van der Waals surface area contributed by atoms with E-state index in [0.29, 0.717) is 25.4 Å². The molecule has 1 unspecified atom stereocenters. The van der Waals surface area contributed by atoms with Gasteiger partial charge in [-0.3, -0.25) is 4.79 Å². The summed E-state index contributed by atoms with van der Waals surface area (Å²) in [5.74, 6) is -0.681. The van der Waals surface area contributed by atoms with Crippen molar-refractivity contribution in [2.75, 3.05) is 19.8 Å². The number of ether oxygens (including phenoxy) is 1. The lowest BCUT2D eigenvalue weighted by Crippen LogP contribution is -2.44. The van der Waals surface area contributed by atoms with Gasteiger partial charge in [-0.1, -0.05) is 13.8 Å². The molecular formula is C13H25NO3. The minimum atomic E-state index is -0.681. The first kappa shape index (κ1) is 14.5. The molecule has 0 amide bonds. The Hall–Kier alpha value is -0.610. The second kappa shape index (κ2) is 6.97. The normalized spacial score (nSPS) is 22.1. The maximum atomic E-state index is 11.4. The number of hydrogen-bond acceptors (Lipinski definition) is 3. The standard InChI is InChI=1S/C13H25NO3/c1-3-13(4-2,12(15)16)10-14-11-6-5-8-17-9-7-11/h11,14H,3-10H2,1-2H3,(H,15,16). The van der Waals surface area contributed by atoms with Gasteiger partial charge in [-0.05, 0) is 32.1 Å². The highest BCUT2D eigenvalue weighted by Crippen LogP contribution is 2.26. The Morgan fingerprint density at radius 2 is 2.06 bits per heavy atom. The molecule has 0 aromatic carbocycles. The summed E-state index contributed by atoms with van der Waals surface area (Å²) in [6, 6.07) is 0.411. The molecule has 1 aliphatic heterocycles. The van der Waals surface area contributed by atoms with Crippen molar-refractivity contribution in [1.82, 2.24) is 5.32 Å². The van der Waals surface area contributed by atoms with Crippen LogP contribution in [0.2, 0.25) is 0 Å². The molecule has 4 nitrogen and oxygen atoms in total. The van der Waals surface area contributed by atoms with Gasteiger partial charge in [0.2, 0.25) is 0 Å². The summed E-state index contributed by atoms with van der Waals surface area (Å²) in [4.78, 5) is 11.4. The molecule has 0 spiro atoms. The monoisotopic (exact) mass is 243 g/mol. The average Bonchev–Trinajstić information content (AvgIpc) is 2.59. The van der Waals surface area contributed by atoms with Gasteiger partial charge in [0.25, 0.3) is 0 Å². The summed E-state index contributed by atoms with van der Waals surface area (Å²) in [5.41, 5.74) is -0.604. The Bertz CT molecular complexity index is 231.